The highest BCUT2D eigenvalue weighted by atomic mass is 16.5. The molecule has 3 aliphatic rings. The molecular formula is C13H18O2. The molecule has 0 heterocycles. The Kier molecular flexibility index (Phi) is 2.11. The van der Waals surface area contributed by atoms with Gasteiger partial charge in [0.25, 0.3) is 0 Å². The van der Waals surface area contributed by atoms with Crippen LogP contribution in [0.1, 0.15) is 45.4 Å². The molecule has 0 unspecified atom stereocenters. The Morgan fingerprint density at radius 2 is 2.20 bits per heavy atom. The van der Waals surface area contributed by atoms with Gasteiger partial charge >= 0.3 is 5.97 Å². The Morgan fingerprint density at radius 3 is 3.00 bits per heavy atom. The van der Waals surface area contributed by atoms with Crippen LogP contribution >= 0.6 is 0 Å². The minimum atomic E-state index is -0.130. The van der Waals surface area contributed by atoms with Crippen LogP contribution in [0.15, 0.2) is 11.3 Å². The van der Waals surface area contributed by atoms with Gasteiger partial charge in [0.15, 0.2) is 0 Å². The zero-order chi connectivity index (χ0) is 10.4. The van der Waals surface area contributed by atoms with Crippen LogP contribution in [-0.4, -0.2) is 5.97 Å². The van der Waals surface area contributed by atoms with Crippen LogP contribution in [0.25, 0.3) is 0 Å². The molecular weight excluding hydrogens is 188 g/mol. The molecule has 82 valence electrons. The summed E-state index contributed by atoms with van der Waals surface area (Å²) in [5.74, 6) is 3.15. The van der Waals surface area contributed by atoms with E-state index < -0.39 is 0 Å². The first-order valence-electron chi connectivity index (χ1n) is 6.17. The highest BCUT2D eigenvalue weighted by molar-refractivity contribution is 5.67. The minimum Gasteiger partial charge on any atom is -0.431 e. The van der Waals surface area contributed by atoms with Gasteiger partial charge < -0.3 is 4.74 Å². The van der Waals surface area contributed by atoms with Crippen molar-refractivity contribution in [1.82, 2.24) is 0 Å². The van der Waals surface area contributed by atoms with Crippen LogP contribution in [0.2, 0.25) is 0 Å². The fourth-order valence-electron chi connectivity index (χ4n) is 3.40. The molecule has 0 N–H and O–H groups in total. The molecule has 3 rings (SSSR count). The molecule has 0 bridgehead atoms. The van der Waals surface area contributed by atoms with Crippen molar-refractivity contribution in [2.75, 3.05) is 0 Å². The van der Waals surface area contributed by atoms with Crippen LogP contribution in [0.4, 0.5) is 0 Å². The van der Waals surface area contributed by atoms with Gasteiger partial charge in [0, 0.05) is 12.8 Å². The first-order chi connectivity index (χ1) is 7.25. The van der Waals surface area contributed by atoms with Crippen molar-refractivity contribution in [2.45, 2.75) is 45.4 Å². The van der Waals surface area contributed by atoms with Crippen molar-refractivity contribution < 1.29 is 9.53 Å². The maximum absolute atomic E-state index is 11.1. The standard InChI is InChI=1S/C13H18O2/c1-8(14)15-13-11-5-3-2-4-9(11)6-10-7-12(10)13/h9-10,12H,2-7H2,1H3/t9-,10-,12+/m1/s1. The lowest BCUT2D eigenvalue weighted by atomic mass is 9.77. The Bertz CT molecular complexity index is 329. The largest absolute Gasteiger partial charge is 0.431 e. The molecule has 15 heavy (non-hydrogen) atoms. The third-order valence-electron chi connectivity index (χ3n) is 4.16. The summed E-state index contributed by atoms with van der Waals surface area (Å²) in [7, 11) is 0. The van der Waals surface area contributed by atoms with Crippen LogP contribution < -0.4 is 0 Å². The van der Waals surface area contributed by atoms with Crippen LogP contribution in [0.3, 0.4) is 0 Å². The van der Waals surface area contributed by atoms with Gasteiger partial charge in [-0.15, -0.1) is 0 Å². The first-order valence-corrected chi connectivity index (χ1v) is 6.17. The predicted octanol–water partition coefficient (Wildman–Crippen LogP) is 3.03. The van der Waals surface area contributed by atoms with Crippen molar-refractivity contribution in [3.63, 3.8) is 0 Å². The van der Waals surface area contributed by atoms with E-state index in [-0.39, 0.29) is 5.97 Å². The van der Waals surface area contributed by atoms with E-state index in [0.717, 1.165) is 17.6 Å². The summed E-state index contributed by atoms with van der Waals surface area (Å²) in [5, 5.41) is 0. The fraction of sp³-hybridized carbons (Fsp3) is 0.769. The van der Waals surface area contributed by atoms with Crippen molar-refractivity contribution in [3.05, 3.63) is 11.3 Å². The van der Waals surface area contributed by atoms with E-state index >= 15 is 0 Å². The van der Waals surface area contributed by atoms with Gasteiger partial charge in [-0.3, -0.25) is 4.79 Å². The number of carbonyl (C=O) groups is 1. The third kappa shape index (κ3) is 1.60. The lowest BCUT2D eigenvalue weighted by Gasteiger charge is -2.31. The molecule has 0 aliphatic heterocycles. The maximum Gasteiger partial charge on any atom is 0.307 e. The summed E-state index contributed by atoms with van der Waals surface area (Å²) < 4.78 is 5.46. The summed E-state index contributed by atoms with van der Waals surface area (Å²) in [6.45, 7) is 1.53. The molecule has 0 saturated heterocycles. The highest BCUT2D eigenvalue weighted by Crippen LogP contribution is 2.57. The molecule has 2 heteroatoms. The number of hydrogen-bond donors (Lipinski definition) is 0. The number of allylic oxidation sites excluding steroid dienone is 2. The molecule has 0 amide bonds. The maximum atomic E-state index is 11.1. The average molecular weight is 206 g/mol. The quantitative estimate of drug-likeness (QED) is 0.616. The summed E-state index contributed by atoms with van der Waals surface area (Å²) in [6, 6.07) is 0. The Labute approximate surface area is 90.7 Å². The normalized spacial score (nSPS) is 38.1. The smallest absolute Gasteiger partial charge is 0.307 e. The van der Waals surface area contributed by atoms with E-state index in [1.165, 1.54) is 51.0 Å². The summed E-state index contributed by atoms with van der Waals surface area (Å²) >= 11 is 0. The topological polar surface area (TPSA) is 26.3 Å². The molecule has 2 fully saturated rings. The van der Waals surface area contributed by atoms with Crippen molar-refractivity contribution in [3.8, 4) is 0 Å². The average Bonchev–Trinajstić information content (AvgIpc) is 2.95. The van der Waals surface area contributed by atoms with Gasteiger partial charge in [-0.1, -0.05) is 6.42 Å². The SMILES string of the molecule is CC(=O)OC1=C2CCCC[C@@H]2C[C@@H]2C[C@H]12. The Hall–Kier alpha value is -0.790. The van der Waals surface area contributed by atoms with Crippen molar-refractivity contribution in [1.29, 1.82) is 0 Å². The molecule has 3 atom stereocenters. The zero-order valence-electron chi connectivity index (χ0n) is 9.29. The van der Waals surface area contributed by atoms with Gasteiger partial charge in [-0.05, 0) is 49.5 Å². The zero-order valence-corrected chi connectivity index (χ0v) is 9.29. The number of ether oxygens (including phenoxy) is 1. The lowest BCUT2D eigenvalue weighted by Crippen LogP contribution is -2.20. The number of esters is 1. The molecule has 2 nitrogen and oxygen atoms in total. The summed E-state index contributed by atoms with van der Waals surface area (Å²) in [6.07, 6.45) is 7.78. The van der Waals surface area contributed by atoms with E-state index in [4.69, 9.17) is 4.74 Å². The van der Waals surface area contributed by atoms with Crippen LogP contribution in [-0.2, 0) is 9.53 Å². The molecule has 2 saturated carbocycles. The van der Waals surface area contributed by atoms with E-state index in [0.29, 0.717) is 5.92 Å². The second-order valence-electron chi connectivity index (χ2n) is 5.26. The first kappa shape index (κ1) is 9.44. The Balaban J connectivity index is 1.90. The summed E-state index contributed by atoms with van der Waals surface area (Å²) in [4.78, 5) is 11.1. The molecule has 0 aromatic carbocycles. The monoisotopic (exact) mass is 206 g/mol. The van der Waals surface area contributed by atoms with Gasteiger partial charge in [0.2, 0.25) is 0 Å². The van der Waals surface area contributed by atoms with Gasteiger partial charge in [-0.2, -0.15) is 0 Å². The minimum absolute atomic E-state index is 0.130. The second kappa shape index (κ2) is 3.36. The molecule has 0 aromatic rings. The Morgan fingerprint density at radius 1 is 1.33 bits per heavy atom. The van der Waals surface area contributed by atoms with Gasteiger partial charge in [-0.25, -0.2) is 0 Å². The fourth-order valence-corrected chi connectivity index (χ4v) is 3.40. The number of rotatable bonds is 1. The molecule has 0 radical (unpaired) electrons. The number of fused-ring (bicyclic) bond motifs is 2. The number of hydrogen-bond acceptors (Lipinski definition) is 2. The van der Waals surface area contributed by atoms with E-state index in [9.17, 15) is 4.79 Å². The highest BCUT2D eigenvalue weighted by Gasteiger charge is 2.49. The van der Waals surface area contributed by atoms with E-state index in [1.807, 2.05) is 0 Å². The van der Waals surface area contributed by atoms with E-state index in [2.05, 4.69) is 0 Å². The lowest BCUT2D eigenvalue weighted by molar-refractivity contribution is -0.137. The molecule has 0 spiro atoms. The predicted molar refractivity (Wildman–Crippen MR) is 57.0 cm³/mol. The molecule has 0 aromatic heterocycles. The third-order valence-corrected chi connectivity index (χ3v) is 4.16. The van der Waals surface area contributed by atoms with Gasteiger partial charge in [0.05, 0.1) is 0 Å². The summed E-state index contributed by atoms with van der Waals surface area (Å²) in [5.41, 5.74) is 1.50. The van der Waals surface area contributed by atoms with Gasteiger partial charge in [0.1, 0.15) is 5.76 Å². The van der Waals surface area contributed by atoms with Crippen LogP contribution in [0, 0.1) is 17.8 Å². The molecule has 3 aliphatic carbocycles. The van der Waals surface area contributed by atoms with Crippen molar-refractivity contribution in [2.24, 2.45) is 17.8 Å². The van der Waals surface area contributed by atoms with Crippen molar-refractivity contribution >= 4 is 5.97 Å². The number of carbonyl (C=O) groups excluding carboxylic acids is 1. The van der Waals surface area contributed by atoms with E-state index in [1.54, 1.807) is 0 Å². The second-order valence-corrected chi connectivity index (χ2v) is 5.26. The van der Waals surface area contributed by atoms with Crippen LogP contribution in [0.5, 0.6) is 0 Å².